The Morgan fingerprint density at radius 3 is 2.44 bits per heavy atom. The molecule has 0 aliphatic carbocycles. The lowest BCUT2D eigenvalue weighted by molar-refractivity contribution is -0.141. The number of para-hydroxylation sites is 1. The second-order valence-corrected chi connectivity index (χ2v) is 7.84. The molecule has 4 aromatic rings. The van der Waals surface area contributed by atoms with Gasteiger partial charge in [0.1, 0.15) is 12.4 Å². The van der Waals surface area contributed by atoms with E-state index < -0.39 is 12.0 Å². The van der Waals surface area contributed by atoms with Crippen molar-refractivity contribution in [2.75, 3.05) is 13.7 Å². The summed E-state index contributed by atoms with van der Waals surface area (Å²) in [7, 11) is 3.27. The average Bonchev–Trinajstić information content (AvgIpc) is 3.26. The van der Waals surface area contributed by atoms with Gasteiger partial charge in [-0.3, -0.25) is 9.59 Å². The van der Waals surface area contributed by atoms with Crippen molar-refractivity contribution >= 4 is 22.8 Å². The minimum Gasteiger partial charge on any atom is -0.468 e. The Morgan fingerprint density at radius 2 is 1.69 bits per heavy atom. The smallest absolute Gasteiger partial charge is 0.325 e. The lowest BCUT2D eigenvalue weighted by Gasteiger charge is -2.26. The summed E-state index contributed by atoms with van der Waals surface area (Å²) < 4.78 is 20.6. The van der Waals surface area contributed by atoms with Crippen molar-refractivity contribution in [1.29, 1.82) is 0 Å². The summed E-state index contributed by atoms with van der Waals surface area (Å²) in [6, 6.07) is 21.2. The highest BCUT2D eigenvalue weighted by Gasteiger charge is 2.41. The number of methoxy groups -OCH3 is 1. The molecule has 32 heavy (non-hydrogen) atoms. The second-order valence-electron chi connectivity index (χ2n) is 7.84. The third-order valence-electron chi connectivity index (χ3n) is 6.12. The number of benzene rings is 3. The number of amides is 1. The summed E-state index contributed by atoms with van der Waals surface area (Å²) in [5.74, 6) is -1.02. The summed E-state index contributed by atoms with van der Waals surface area (Å²) >= 11 is 0. The molecule has 1 amide bonds. The number of ether oxygens (including phenoxy) is 1. The minimum absolute atomic E-state index is 0.166. The van der Waals surface area contributed by atoms with Crippen LogP contribution < -0.4 is 0 Å². The predicted molar refractivity (Wildman–Crippen MR) is 120 cm³/mol. The quantitative estimate of drug-likeness (QED) is 0.443. The first kappa shape index (κ1) is 20.0. The van der Waals surface area contributed by atoms with E-state index in [-0.39, 0.29) is 18.3 Å². The molecule has 1 aliphatic rings. The fraction of sp³-hybridized carbons (Fsp3) is 0.154. The average molecular weight is 428 g/mol. The van der Waals surface area contributed by atoms with Gasteiger partial charge in [-0.25, -0.2) is 4.39 Å². The number of fused-ring (bicyclic) bond motifs is 2. The summed E-state index contributed by atoms with van der Waals surface area (Å²) in [6.45, 7) is -0.166. The molecule has 1 aliphatic heterocycles. The molecule has 0 saturated heterocycles. The normalized spacial score (nSPS) is 15.3. The van der Waals surface area contributed by atoms with Crippen LogP contribution in [0.3, 0.4) is 0 Å². The Morgan fingerprint density at radius 1 is 1.00 bits per heavy atom. The molecule has 5 rings (SSSR count). The van der Waals surface area contributed by atoms with Gasteiger partial charge in [0.05, 0.1) is 18.8 Å². The molecule has 1 aromatic heterocycles. The predicted octanol–water partition coefficient (Wildman–Crippen LogP) is 4.70. The van der Waals surface area contributed by atoms with E-state index in [9.17, 15) is 14.0 Å². The van der Waals surface area contributed by atoms with Crippen LogP contribution in [-0.2, 0) is 16.6 Å². The lowest BCUT2D eigenvalue weighted by Crippen LogP contribution is -2.34. The van der Waals surface area contributed by atoms with Crippen molar-refractivity contribution in [2.45, 2.75) is 6.04 Å². The maximum atomic E-state index is 13.7. The lowest BCUT2D eigenvalue weighted by atomic mass is 9.93. The van der Waals surface area contributed by atoms with Gasteiger partial charge in [-0.2, -0.15) is 0 Å². The highest BCUT2D eigenvalue weighted by atomic mass is 19.1. The number of aromatic nitrogens is 1. The zero-order valence-electron chi connectivity index (χ0n) is 17.7. The molecule has 1 atom stereocenters. The Kier molecular flexibility index (Phi) is 4.78. The van der Waals surface area contributed by atoms with Crippen LogP contribution in [0.2, 0.25) is 0 Å². The van der Waals surface area contributed by atoms with Crippen LogP contribution >= 0.6 is 0 Å². The van der Waals surface area contributed by atoms with Crippen LogP contribution in [0.25, 0.3) is 22.2 Å². The molecule has 0 radical (unpaired) electrons. The molecule has 160 valence electrons. The number of halogens is 1. The number of carbonyl (C=O) groups excluding carboxylic acids is 2. The van der Waals surface area contributed by atoms with Crippen LogP contribution in [0.1, 0.15) is 27.5 Å². The monoisotopic (exact) mass is 428 g/mol. The SMILES string of the molecule is COC(=O)CN1C(=O)c2ccccc2[C@@H]1c1c(-c2ccc(F)cc2)n(C)c2ccccc12. The number of rotatable bonds is 4. The molecule has 6 heteroatoms. The van der Waals surface area contributed by atoms with E-state index >= 15 is 0 Å². The molecule has 3 aromatic carbocycles. The molecule has 0 bridgehead atoms. The first-order valence-electron chi connectivity index (χ1n) is 10.3. The Bertz CT molecular complexity index is 1360. The standard InChI is InChI=1S/C26H21FN2O3/c1-28-21-10-6-5-9-20(21)23(24(28)16-11-13-17(27)14-12-16)25-18-7-3-4-8-19(18)26(31)29(25)15-22(30)32-2/h3-14,25H,15H2,1-2H3/t25-/m1/s1. The van der Waals surface area contributed by atoms with Crippen LogP contribution in [0.5, 0.6) is 0 Å². The van der Waals surface area contributed by atoms with Gasteiger partial charge in [0.15, 0.2) is 0 Å². The molecule has 2 heterocycles. The largest absolute Gasteiger partial charge is 0.468 e. The van der Waals surface area contributed by atoms with E-state index in [0.29, 0.717) is 5.56 Å². The Balaban J connectivity index is 1.82. The molecule has 0 saturated carbocycles. The van der Waals surface area contributed by atoms with Crippen LogP contribution in [0, 0.1) is 5.82 Å². The third kappa shape index (κ3) is 2.99. The Labute approximate surface area is 184 Å². The van der Waals surface area contributed by atoms with Gasteiger partial charge >= 0.3 is 5.97 Å². The number of aryl methyl sites for hydroxylation is 1. The van der Waals surface area contributed by atoms with E-state index in [0.717, 1.165) is 33.3 Å². The first-order chi connectivity index (χ1) is 15.5. The number of hydrogen-bond donors (Lipinski definition) is 0. The highest BCUT2D eigenvalue weighted by molar-refractivity contribution is 6.03. The van der Waals surface area contributed by atoms with Crippen molar-refractivity contribution in [1.82, 2.24) is 9.47 Å². The topological polar surface area (TPSA) is 51.5 Å². The van der Waals surface area contributed by atoms with Crippen LogP contribution in [0.4, 0.5) is 4.39 Å². The fourth-order valence-corrected chi connectivity index (χ4v) is 4.70. The van der Waals surface area contributed by atoms with Crippen LogP contribution in [0.15, 0.2) is 72.8 Å². The van der Waals surface area contributed by atoms with E-state index in [1.54, 1.807) is 23.1 Å². The highest BCUT2D eigenvalue weighted by Crippen LogP contribution is 2.46. The van der Waals surface area contributed by atoms with Gasteiger partial charge in [0.25, 0.3) is 5.91 Å². The summed E-state index contributed by atoms with van der Waals surface area (Å²) in [5.41, 5.74) is 4.99. The number of esters is 1. The van der Waals surface area contributed by atoms with Gasteiger partial charge in [0.2, 0.25) is 0 Å². The molecule has 0 N–H and O–H groups in total. The number of nitrogens with zero attached hydrogens (tertiary/aromatic N) is 2. The zero-order chi connectivity index (χ0) is 22.4. The molecule has 5 nitrogen and oxygen atoms in total. The van der Waals surface area contributed by atoms with Gasteiger partial charge in [0, 0.05) is 29.1 Å². The van der Waals surface area contributed by atoms with Gasteiger partial charge in [-0.15, -0.1) is 0 Å². The van der Waals surface area contributed by atoms with Gasteiger partial charge in [-0.05, 0) is 47.5 Å². The second kappa shape index (κ2) is 7.64. The minimum atomic E-state index is -0.486. The van der Waals surface area contributed by atoms with E-state index in [4.69, 9.17) is 4.74 Å². The van der Waals surface area contributed by atoms with Gasteiger partial charge < -0.3 is 14.2 Å². The maximum Gasteiger partial charge on any atom is 0.325 e. The molecule has 0 spiro atoms. The molecular weight excluding hydrogens is 407 g/mol. The molecule has 0 fully saturated rings. The van der Waals surface area contributed by atoms with Crippen molar-refractivity contribution in [3.8, 4) is 11.3 Å². The fourth-order valence-electron chi connectivity index (χ4n) is 4.70. The van der Waals surface area contributed by atoms with E-state index in [1.807, 2.05) is 49.5 Å². The van der Waals surface area contributed by atoms with Crippen molar-refractivity contribution in [3.05, 3.63) is 95.3 Å². The van der Waals surface area contributed by atoms with E-state index in [1.165, 1.54) is 19.2 Å². The van der Waals surface area contributed by atoms with Crippen molar-refractivity contribution < 1.29 is 18.7 Å². The molecular formula is C26H21FN2O3. The third-order valence-corrected chi connectivity index (χ3v) is 6.12. The zero-order valence-corrected chi connectivity index (χ0v) is 17.7. The summed E-state index contributed by atoms with van der Waals surface area (Å²) in [6.07, 6.45) is 0. The Hall–Kier alpha value is -3.93. The number of hydrogen-bond acceptors (Lipinski definition) is 3. The van der Waals surface area contributed by atoms with Crippen molar-refractivity contribution in [3.63, 3.8) is 0 Å². The van der Waals surface area contributed by atoms with Crippen LogP contribution in [-0.4, -0.2) is 35.0 Å². The van der Waals surface area contributed by atoms with Crippen molar-refractivity contribution in [2.24, 2.45) is 7.05 Å². The maximum absolute atomic E-state index is 13.7. The molecule has 0 unspecified atom stereocenters. The number of carbonyl (C=O) groups is 2. The van der Waals surface area contributed by atoms with Gasteiger partial charge in [-0.1, -0.05) is 36.4 Å². The summed E-state index contributed by atoms with van der Waals surface area (Å²) in [5, 5.41) is 0.971. The first-order valence-corrected chi connectivity index (χ1v) is 10.3. The summed E-state index contributed by atoms with van der Waals surface area (Å²) in [4.78, 5) is 27.1. The van der Waals surface area contributed by atoms with E-state index in [2.05, 4.69) is 4.57 Å².